The first-order chi connectivity index (χ1) is 8.66. The van der Waals surface area contributed by atoms with Gasteiger partial charge in [0, 0.05) is 11.9 Å². The maximum atomic E-state index is 13.8. The van der Waals surface area contributed by atoms with Crippen molar-refractivity contribution in [2.45, 2.75) is 6.92 Å². The first kappa shape index (κ1) is 10.7. The Kier molecular flexibility index (Phi) is 2.26. The lowest BCUT2D eigenvalue weighted by molar-refractivity contribution is 0.629. The molecule has 0 saturated carbocycles. The molecule has 0 atom stereocenters. The molecule has 0 aliphatic heterocycles. The molecule has 0 fully saturated rings. The van der Waals surface area contributed by atoms with E-state index < -0.39 is 0 Å². The number of pyridine rings is 1. The first-order valence-electron chi connectivity index (χ1n) is 5.52. The van der Waals surface area contributed by atoms with Gasteiger partial charge in [-0.25, -0.2) is 4.39 Å². The van der Waals surface area contributed by atoms with Gasteiger partial charge in [0.15, 0.2) is 11.5 Å². The Hall–Kier alpha value is -2.43. The van der Waals surface area contributed by atoms with E-state index in [2.05, 4.69) is 10.2 Å². The summed E-state index contributed by atoms with van der Waals surface area (Å²) in [6.07, 6.45) is 1.70. The second-order valence-electron chi connectivity index (χ2n) is 4.15. The number of halogens is 1. The normalized spacial score (nSPS) is 11.0. The smallest absolute Gasteiger partial charge is 0.171 e. The Morgan fingerprint density at radius 1 is 1.22 bits per heavy atom. The molecule has 2 aromatic heterocycles. The molecule has 2 N–H and O–H groups in total. The zero-order chi connectivity index (χ0) is 12.7. The number of aryl methyl sites for hydroxylation is 1. The van der Waals surface area contributed by atoms with Crippen LogP contribution < -0.4 is 5.73 Å². The molecule has 3 rings (SSSR count). The Bertz CT molecular complexity index is 733. The fourth-order valence-corrected chi connectivity index (χ4v) is 2.01. The lowest BCUT2D eigenvalue weighted by Gasteiger charge is -2.04. The van der Waals surface area contributed by atoms with Crippen LogP contribution in [0.25, 0.3) is 17.0 Å². The average Bonchev–Trinajstić information content (AvgIpc) is 2.73. The van der Waals surface area contributed by atoms with Gasteiger partial charge in [-0.2, -0.15) is 0 Å². The summed E-state index contributed by atoms with van der Waals surface area (Å²) < 4.78 is 15.5. The summed E-state index contributed by atoms with van der Waals surface area (Å²) in [4.78, 5) is 0. The van der Waals surface area contributed by atoms with Gasteiger partial charge in [0.1, 0.15) is 5.82 Å². The number of nitrogens with zero attached hydrogens (tertiary/aromatic N) is 3. The first-order valence-corrected chi connectivity index (χ1v) is 5.52. The molecule has 0 unspecified atom stereocenters. The minimum absolute atomic E-state index is 0.327. The highest BCUT2D eigenvalue weighted by Crippen LogP contribution is 2.23. The number of nitrogen functional groups attached to an aromatic ring is 1. The summed E-state index contributed by atoms with van der Waals surface area (Å²) in [5.74, 6) is 0.130. The van der Waals surface area contributed by atoms with Gasteiger partial charge in [-0.1, -0.05) is 12.1 Å². The SMILES string of the molecule is Cc1cc(N)cn2c(-c3ccccc3F)nnc12. The van der Waals surface area contributed by atoms with E-state index >= 15 is 0 Å². The fraction of sp³-hybridized carbons (Fsp3) is 0.0769. The fourth-order valence-electron chi connectivity index (χ4n) is 2.01. The number of benzene rings is 1. The van der Waals surface area contributed by atoms with Crippen LogP contribution in [0.15, 0.2) is 36.5 Å². The Balaban J connectivity index is 2.34. The van der Waals surface area contributed by atoms with E-state index in [1.807, 2.05) is 13.0 Å². The highest BCUT2D eigenvalue weighted by molar-refractivity contribution is 5.64. The van der Waals surface area contributed by atoms with Crippen LogP contribution in [0.3, 0.4) is 0 Å². The highest BCUT2D eigenvalue weighted by atomic mass is 19.1. The van der Waals surface area contributed by atoms with E-state index in [4.69, 9.17) is 5.73 Å². The molecular formula is C13H11FN4. The molecule has 90 valence electrons. The predicted molar refractivity (Wildman–Crippen MR) is 67.5 cm³/mol. The molecule has 0 aliphatic rings. The molecule has 1 aromatic carbocycles. The van der Waals surface area contributed by atoms with E-state index in [1.165, 1.54) is 6.07 Å². The monoisotopic (exact) mass is 242 g/mol. The van der Waals surface area contributed by atoms with E-state index in [1.54, 1.807) is 28.8 Å². The predicted octanol–water partition coefficient (Wildman–Crippen LogP) is 2.43. The number of aromatic nitrogens is 3. The van der Waals surface area contributed by atoms with Crippen LogP contribution in [0, 0.1) is 12.7 Å². The zero-order valence-electron chi connectivity index (χ0n) is 9.76. The second-order valence-corrected chi connectivity index (χ2v) is 4.15. The van der Waals surface area contributed by atoms with Crippen molar-refractivity contribution in [3.63, 3.8) is 0 Å². The maximum absolute atomic E-state index is 13.8. The summed E-state index contributed by atoms with van der Waals surface area (Å²) in [5, 5.41) is 8.11. The minimum Gasteiger partial charge on any atom is -0.398 e. The minimum atomic E-state index is -0.327. The molecule has 0 bridgehead atoms. The van der Waals surface area contributed by atoms with Gasteiger partial charge in [-0.05, 0) is 30.7 Å². The highest BCUT2D eigenvalue weighted by Gasteiger charge is 2.13. The molecule has 0 radical (unpaired) electrons. The molecule has 0 amide bonds. The Morgan fingerprint density at radius 3 is 2.78 bits per heavy atom. The molecule has 0 aliphatic carbocycles. The topological polar surface area (TPSA) is 56.2 Å². The van der Waals surface area contributed by atoms with Crippen molar-refractivity contribution in [1.82, 2.24) is 14.6 Å². The van der Waals surface area contributed by atoms with E-state index in [-0.39, 0.29) is 5.82 Å². The van der Waals surface area contributed by atoms with Crippen molar-refractivity contribution in [2.75, 3.05) is 5.73 Å². The van der Waals surface area contributed by atoms with Crippen LogP contribution in [0.1, 0.15) is 5.56 Å². The van der Waals surface area contributed by atoms with Crippen molar-refractivity contribution in [2.24, 2.45) is 0 Å². The molecule has 3 aromatic rings. The third-order valence-electron chi connectivity index (χ3n) is 2.82. The van der Waals surface area contributed by atoms with Crippen LogP contribution in [0.5, 0.6) is 0 Å². The molecule has 2 heterocycles. The number of anilines is 1. The standard InChI is InChI=1S/C13H11FN4/c1-8-6-9(15)7-18-12(8)16-17-13(18)10-4-2-3-5-11(10)14/h2-7H,15H2,1H3. The third kappa shape index (κ3) is 1.52. The van der Waals surface area contributed by atoms with E-state index in [0.717, 1.165) is 5.56 Å². The number of rotatable bonds is 1. The molecule has 5 heteroatoms. The molecular weight excluding hydrogens is 231 g/mol. The second kappa shape index (κ2) is 3.80. The van der Waals surface area contributed by atoms with Crippen molar-refractivity contribution in [1.29, 1.82) is 0 Å². The van der Waals surface area contributed by atoms with Crippen LogP contribution in [-0.4, -0.2) is 14.6 Å². The Morgan fingerprint density at radius 2 is 2.00 bits per heavy atom. The summed E-state index contributed by atoms with van der Waals surface area (Å²) in [6.45, 7) is 1.89. The van der Waals surface area contributed by atoms with Gasteiger partial charge in [0.25, 0.3) is 0 Å². The number of hydrogen-bond donors (Lipinski definition) is 1. The van der Waals surface area contributed by atoms with Crippen molar-refractivity contribution >= 4 is 11.3 Å². The quantitative estimate of drug-likeness (QED) is 0.713. The largest absolute Gasteiger partial charge is 0.398 e. The molecule has 18 heavy (non-hydrogen) atoms. The molecule has 0 spiro atoms. The lowest BCUT2D eigenvalue weighted by atomic mass is 10.2. The van der Waals surface area contributed by atoms with Crippen molar-refractivity contribution in [3.8, 4) is 11.4 Å². The number of fused-ring (bicyclic) bond motifs is 1. The van der Waals surface area contributed by atoms with Crippen LogP contribution in [0.4, 0.5) is 10.1 Å². The van der Waals surface area contributed by atoms with E-state index in [9.17, 15) is 4.39 Å². The molecule has 4 nitrogen and oxygen atoms in total. The van der Waals surface area contributed by atoms with Crippen LogP contribution >= 0.6 is 0 Å². The Labute approximate surface area is 103 Å². The summed E-state index contributed by atoms with van der Waals surface area (Å²) in [7, 11) is 0. The summed E-state index contributed by atoms with van der Waals surface area (Å²) >= 11 is 0. The van der Waals surface area contributed by atoms with Gasteiger partial charge >= 0.3 is 0 Å². The van der Waals surface area contributed by atoms with Crippen molar-refractivity contribution in [3.05, 3.63) is 47.9 Å². The van der Waals surface area contributed by atoms with Gasteiger partial charge in [0.2, 0.25) is 0 Å². The third-order valence-corrected chi connectivity index (χ3v) is 2.82. The van der Waals surface area contributed by atoms with Gasteiger partial charge in [0.05, 0.1) is 5.56 Å². The van der Waals surface area contributed by atoms with Crippen LogP contribution in [-0.2, 0) is 0 Å². The van der Waals surface area contributed by atoms with Gasteiger partial charge in [-0.15, -0.1) is 10.2 Å². The van der Waals surface area contributed by atoms with Gasteiger partial charge < -0.3 is 5.73 Å². The van der Waals surface area contributed by atoms with E-state index in [0.29, 0.717) is 22.7 Å². The van der Waals surface area contributed by atoms with Gasteiger partial charge in [-0.3, -0.25) is 4.40 Å². The summed E-state index contributed by atoms with van der Waals surface area (Å²) in [5.41, 5.74) is 8.40. The van der Waals surface area contributed by atoms with Crippen LogP contribution in [0.2, 0.25) is 0 Å². The maximum Gasteiger partial charge on any atom is 0.171 e. The average molecular weight is 242 g/mol. The van der Waals surface area contributed by atoms with Crippen molar-refractivity contribution < 1.29 is 4.39 Å². The number of hydrogen-bond acceptors (Lipinski definition) is 3. The summed E-state index contributed by atoms with van der Waals surface area (Å²) in [6, 6.07) is 8.29. The molecule has 0 saturated heterocycles. The number of nitrogens with two attached hydrogens (primary N) is 1. The lowest BCUT2D eigenvalue weighted by Crippen LogP contribution is -1.96. The zero-order valence-corrected chi connectivity index (χ0v) is 9.76.